The van der Waals surface area contributed by atoms with Gasteiger partial charge in [0.05, 0.1) is 19.0 Å². The minimum Gasteiger partial charge on any atom is -0.359 e. The van der Waals surface area contributed by atoms with E-state index >= 15 is 0 Å². The van der Waals surface area contributed by atoms with Gasteiger partial charge < -0.3 is 16.4 Å². The van der Waals surface area contributed by atoms with Crippen LogP contribution in [0.5, 0.6) is 0 Å². The summed E-state index contributed by atoms with van der Waals surface area (Å²) in [6.45, 7) is -0.208. The molecule has 0 aliphatic heterocycles. The molecular formula is C7H12N3O3. The summed E-state index contributed by atoms with van der Waals surface area (Å²) in [4.78, 5) is 31.5. The third-order valence-electron chi connectivity index (χ3n) is 1.36. The lowest BCUT2D eigenvalue weighted by atomic mass is 10.2. The molecule has 73 valence electrons. The molecule has 1 radical (unpaired) electrons. The first-order valence-corrected chi connectivity index (χ1v) is 3.70. The van der Waals surface area contributed by atoms with Gasteiger partial charge in [-0.25, -0.2) is 0 Å². The second-order valence-electron chi connectivity index (χ2n) is 2.35. The Morgan fingerprint density at radius 3 is 2.62 bits per heavy atom. The third kappa shape index (κ3) is 4.91. The molecule has 0 rings (SSSR count). The molecule has 0 fully saturated rings. The molecule has 0 bridgehead atoms. The number of amides is 2. The van der Waals surface area contributed by atoms with Crippen molar-refractivity contribution in [2.45, 2.75) is 12.5 Å². The normalized spacial score (nSPS) is 11.5. The maximum absolute atomic E-state index is 11.0. The van der Waals surface area contributed by atoms with Crippen molar-refractivity contribution in [3.05, 3.63) is 0 Å². The summed E-state index contributed by atoms with van der Waals surface area (Å²) in [5.74, 6) is -0.857. The summed E-state index contributed by atoms with van der Waals surface area (Å²) in [5.41, 5.74) is 5.33. The largest absolute Gasteiger partial charge is 0.359 e. The van der Waals surface area contributed by atoms with E-state index in [2.05, 4.69) is 10.6 Å². The lowest BCUT2D eigenvalue weighted by Gasteiger charge is -2.08. The van der Waals surface area contributed by atoms with Crippen LogP contribution in [0.25, 0.3) is 0 Å². The van der Waals surface area contributed by atoms with Gasteiger partial charge >= 0.3 is 0 Å². The van der Waals surface area contributed by atoms with Crippen LogP contribution in [0.15, 0.2) is 0 Å². The summed E-state index contributed by atoms with van der Waals surface area (Å²) >= 11 is 0. The molecule has 0 heterocycles. The van der Waals surface area contributed by atoms with Crippen LogP contribution in [-0.4, -0.2) is 37.7 Å². The fourth-order valence-corrected chi connectivity index (χ4v) is 0.649. The topological polar surface area (TPSA) is 101 Å². The van der Waals surface area contributed by atoms with Crippen LogP contribution < -0.4 is 16.4 Å². The SMILES string of the molecule is CNC(=O)CC(N)C(=O)NC[C]=O. The highest BCUT2D eigenvalue weighted by Gasteiger charge is 2.15. The number of hydrogen-bond donors (Lipinski definition) is 3. The minimum absolute atomic E-state index is 0.0960. The Kier molecular flexibility index (Phi) is 5.45. The lowest BCUT2D eigenvalue weighted by molar-refractivity contribution is -0.127. The van der Waals surface area contributed by atoms with Gasteiger partial charge in [-0.05, 0) is 0 Å². The Balaban J connectivity index is 3.81. The fraction of sp³-hybridized carbons (Fsp3) is 0.571. The molecule has 0 saturated heterocycles. The summed E-state index contributed by atoms with van der Waals surface area (Å²) in [7, 11) is 1.45. The van der Waals surface area contributed by atoms with E-state index in [0.29, 0.717) is 0 Å². The third-order valence-corrected chi connectivity index (χ3v) is 1.36. The van der Waals surface area contributed by atoms with Gasteiger partial charge in [-0.15, -0.1) is 0 Å². The molecule has 1 atom stereocenters. The minimum atomic E-state index is -0.923. The van der Waals surface area contributed by atoms with Crippen molar-refractivity contribution >= 4 is 18.1 Å². The summed E-state index contributed by atoms with van der Waals surface area (Å²) < 4.78 is 0. The van der Waals surface area contributed by atoms with Gasteiger partial charge in [-0.3, -0.25) is 14.4 Å². The van der Waals surface area contributed by atoms with Crippen molar-refractivity contribution in [1.82, 2.24) is 10.6 Å². The molecule has 0 aliphatic rings. The maximum Gasteiger partial charge on any atom is 0.237 e. The molecule has 2 amide bonds. The van der Waals surface area contributed by atoms with Gasteiger partial charge in [-0.2, -0.15) is 0 Å². The molecular weight excluding hydrogens is 174 g/mol. The Labute approximate surface area is 75.9 Å². The molecule has 0 spiro atoms. The van der Waals surface area contributed by atoms with Crippen molar-refractivity contribution in [3.63, 3.8) is 0 Å². The highest BCUT2D eigenvalue weighted by Crippen LogP contribution is 1.87. The van der Waals surface area contributed by atoms with Crippen molar-refractivity contribution in [2.75, 3.05) is 13.6 Å². The van der Waals surface area contributed by atoms with Crippen LogP contribution in [0.4, 0.5) is 0 Å². The van der Waals surface area contributed by atoms with Crippen LogP contribution in [0.2, 0.25) is 0 Å². The predicted molar refractivity (Wildman–Crippen MR) is 45.4 cm³/mol. The first-order valence-electron chi connectivity index (χ1n) is 3.70. The van der Waals surface area contributed by atoms with Crippen LogP contribution in [0, 0.1) is 0 Å². The van der Waals surface area contributed by atoms with Crippen molar-refractivity contribution in [2.24, 2.45) is 5.73 Å². The Bertz CT molecular complexity index is 205. The van der Waals surface area contributed by atoms with Crippen LogP contribution in [0.3, 0.4) is 0 Å². The molecule has 13 heavy (non-hydrogen) atoms. The second kappa shape index (κ2) is 6.13. The number of carbonyl (C=O) groups excluding carboxylic acids is 3. The number of rotatable bonds is 5. The van der Waals surface area contributed by atoms with Crippen molar-refractivity contribution < 1.29 is 14.4 Å². The van der Waals surface area contributed by atoms with E-state index in [-0.39, 0.29) is 18.9 Å². The zero-order chi connectivity index (χ0) is 10.3. The zero-order valence-corrected chi connectivity index (χ0v) is 7.29. The van der Waals surface area contributed by atoms with Gasteiger partial charge in [0.1, 0.15) is 0 Å². The van der Waals surface area contributed by atoms with E-state index in [1.54, 1.807) is 0 Å². The maximum atomic E-state index is 11.0. The average Bonchev–Trinajstić information content (AvgIpc) is 2.13. The van der Waals surface area contributed by atoms with Crippen molar-refractivity contribution in [1.29, 1.82) is 0 Å². The van der Waals surface area contributed by atoms with E-state index in [9.17, 15) is 14.4 Å². The van der Waals surface area contributed by atoms with E-state index < -0.39 is 11.9 Å². The van der Waals surface area contributed by atoms with Crippen LogP contribution >= 0.6 is 0 Å². The Morgan fingerprint density at radius 1 is 1.54 bits per heavy atom. The average molecular weight is 186 g/mol. The van der Waals surface area contributed by atoms with Gasteiger partial charge in [0, 0.05) is 7.05 Å². The molecule has 0 aromatic heterocycles. The Hall–Kier alpha value is -1.43. The molecule has 4 N–H and O–H groups in total. The number of carbonyl (C=O) groups is 2. The Morgan fingerprint density at radius 2 is 2.15 bits per heavy atom. The number of nitrogens with one attached hydrogen (secondary N) is 2. The first-order chi connectivity index (χ1) is 6.11. The monoisotopic (exact) mass is 186 g/mol. The fourth-order valence-electron chi connectivity index (χ4n) is 0.649. The molecule has 0 aromatic carbocycles. The van der Waals surface area contributed by atoms with Gasteiger partial charge in [-0.1, -0.05) is 0 Å². The molecule has 0 aromatic rings. The zero-order valence-electron chi connectivity index (χ0n) is 7.29. The van der Waals surface area contributed by atoms with Crippen LogP contribution in [0.1, 0.15) is 6.42 Å². The van der Waals surface area contributed by atoms with Gasteiger partial charge in [0.15, 0.2) is 0 Å². The number of hydrogen-bond acceptors (Lipinski definition) is 4. The van der Waals surface area contributed by atoms with E-state index in [1.165, 1.54) is 13.3 Å². The highest BCUT2D eigenvalue weighted by atomic mass is 16.2. The van der Waals surface area contributed by atoms with Crippen molar-refractivity contribution in [3.8, 4) is 0 Å². The summed E-state index contributed by atoms with van der Waals surface area (Å²) in [5, 5.41) is 4.52. The van der Waals surface area contributed by atoms with E-state index in [4.69, 9.17) is 5.73 Å². The van der Waals surface area contributed by atoms with Gasteiger partial charge in [0.2, 0.25) is 18.1 Å². The first kappa shape index (κ1) is 11.6. The smallest absolute Gasteiger partial charge is 0.237 e. The molecule has 6 nitrogen and oxygen atoms in total. The standard InChI is InChI=1S/C7H12N3O3/c1-9-6(12)4-5(8)7(13)10-2-3-11/h5H,2,4,8H2,1H3,(H,9,12)(H,10,13). The molecule has 1 unspecified atom stereocenters. The quantitative estimate of drug-likeness (QED) is 0.448. The molecule has 0 saturated carbocycles. The molecule has 0 aliphatic carbocycles. The highest BCUT2D eigenvalue weighted by molar-refractivity contribution is 5.88. The van der Waals surface area contributed by atoms with E-state index in [0.717, 1.165) is 0 Å². The van der Waals surface area contributed by atoms with Crippen LogP contribution in [-0.2, 0) is 14.4 Å². The summed E-state index contributed by atoms with van der Waals surface area (Å²) in [6, 6.07) is -0.923. The van der Waals surface area contributed by atoms with Gasteiger partial charge in [0.25, 0.3) is 0 Å². The van der Waals surface area contributed by atoms with E-state index in [1.807, 2.05) is 0 Å². The molecule has 6 heteroatoms. The predicted octanol–water partition coefficient (Wildman–Crippen LogP) is -2.32. The second-order valence-corrected chi connectivity index (χ2v) is 2.35. The lowest BCUT2D eigenvalue weighted by Crippen LogP contribution is -2.43. The number of nitrogens with two attached hydrogens (primary N) is 1. The summed E-state index contributed by atoms with van der Waals surface area (Å²) in [6.07, 6.45) is 1.39.